The van der Waals surface area contributed by atoms with E-state index in [-0.39, 0.29) is 19.0 Å². The molecule has 0 N–H and O–H groups in total. The zero-order valence-electron chi connectivity index (χ0n) is 14.2. The van der Waals surface area contributed by atoms with Gasteiger partial charge in [-0.25, -0.2) is 9.97 Å². The molecular weight excluding hydrogens is 384 g/mol. The molecule has 5 nitrogen and oxygen atoms in total. The fourth-order valence-electron chi connectivity index (χ4n) is 2.57. The van der Waals surface area contributed by atoms with Crippen LogP contribution in [-0.4, -0.2) is 15.9 Å². The molecule has 0 spiro atoms. The minimum absolute atomic E-state index is 0.00622. The minimum atomic E-state index is -0.305. The first-order valence-electron chi connectivity index (χ1n) is 8.38. The lowest BCUT2D eigenvalue weighted by molar-refractivity contribution is -0.145. The van der Waals surface area contributed by atoms with Crippen LogP contribution in [-0.2, 0) is 22.6 Å². The summed E-state index contributed by atoms with van der Waals surface area (Å²) in [6.45, 7) is 0.00622. The number of benzene rings is 2. The van der Waals surface area contributed by atoms with Gasteiger partial charge < -0.3 is 9.15 Å². The zero-order valence-corrected chi connectivity index (χ0v) is 15.8. The van der Waals surface area contributed by atoms with Crippen molar-refractivity contribution in [3.8, 4) is 11.3 Å². The first kappa shape index (κ1) is 17.7. The first-order chi connectivity index (χ1) is 13.2. The van der Waals surface area contributed by atoms with Crippen molar-refractivity contribution in [2.75, 3.05) is 0 Å². The minimum Gasteiger partial charge on any atom is -0.456 e. The molecule has 0 unspecified atom stereocenters. The standard InChI is InChI=1S/C20H15ClN2O3S/c21-14-7-5-13(6-8-14)16-11-22-18(26-16)12-25-20(24)10-9-19-23-15-3-1-2-4-17(15)27-19/h1-8,11H,9-10,12H2. The van der Waals surface area contributed by atoms with E-state index in [9.17, 15) is 4.79 Å². The molecule has 27 heavy (non-hydrogen) atoms. The van der Waals surface area contributed by atoms with Crippen molar-refractivity contribution in [2.24, 2.45) is 0 Å². The van der Waals surface area contributed by atoms with Crippen LogP contribution in [0.4, 0.5) is 0 Å². The van der Waals surface area contributed by atoms with Crippen molar-refractivity contribution < 1.29 is 13.9 Å². The van der Waals surface area contributed by atoms with Crippen LogP contribution in [0.2, 0.25) is 5.02 Å². The SMILES string of the molecule is O=C(CCc1nc2ccccc2s1)OCc1ncc(-c2ccc(Cl)cc2)o1. The third-order valence-corrected chi connectivity index (χ3v) is 5.27. The summed E-state index contributed by atoms with van der Waals surface area (Å²) in [5.74, 6) is 0.654. The summed E-state index contributed by atoms with van der Waals surface area (Å²) in [6.07, 6.45) is 2.43. The molecule has 2 aromatic heterocycles. The number of esters is 1. The second-order valence-corrected chi connectivity index (χ2v) is 7.41. The van der Waals surface area contributed by atoms with E-state index in [1.54, 1.807) is 29.7 Å². The molecule has 4 aromatic rings. The average Bonchev–Trinajstić information content (AvgIpc) is 3.32. The lowest BCUT2D eigenvalue weighted by Gasteiger charge is -2.01. The van der Waals surface area contributed by atoms with Gasteiger partial charge in [0.15, 0.2) is 12.4 Å². The number of para-hydroxylation sites is 1. The van der Waals surface area contributed by atoms with Gasteiger partial charge in [0, 0.05) is 17.0 Å². The fraction of sp³-hybridized carbons (Fsp3) is 0.150. The van der Waals surface area contributed by atoms with Crippen molar-refractivity contribution in [2.45, 2.75) is 19.4 Å². The molecule has 0 atom stereocenters. The monoisotopic (exact) mass is 398 g/mol. The number of rotatable bonds is 6. The number of thiazole rings is 1. The number of fused-ring (bicyclic) bond motifs is 1. The van der Waals surface area contributed by atoms with E-state index >= 15 is 0 Å². The smallest absolute Gasteiger partial charge is 0.306 e. The number of carbonyl (C=O) groups excluding carboxylic acids is 1. The van der Waals surface area contributed by atoms with Crippen LogP contribution in [0, 0.1) is 0 Å². The van der Waals surface area contributed by atoms with Crippen LogP contribution in [0.3, 0.4) is 0 Å². The van der Waals surface area contributed by atoms with E-state index < -0.39 is 0 Å². The van der Waals surface area contributed by atoms with Gasteiger partial charge in [-0.2, -0.15) is 0 Å². The van der Waals surface area contributed by atoms with Crippen LogP contribution in [0.25, 0.3) is 21.5 Å². The lowest BCUT2D eigenvalue weighted by atomic mass is 10.2. The molecule has 0 aliphatic heterocycles. The molecule has 0 aliphatic rings. The van der Waals surface area contributed by atoms with Crippen LogP contribution >= 0.6 is 22.9 Å². The Labute approximate surface area is 164 Å². The van der Waals surface area contributed by atoms with Gasteiger partial charge in [-0.05, 0) is 36.4 Å². The van der Waals surface area contributed by atoms with Crippen LogP contribution in [0.1, 0.15) is 17.3 Å². The van der Waals surface area contributed by atoms with Gasteiger partial charge in [-0.1, -0.05) is 23.7 Å². The predicted octanol–water partition coefficient (Wildman–Crippen LogP) is 5.28. The third-order valence-electron chi connectivity index (χ3n) is 3.92. The highest BCUT2D eigenvalue weighted by Gasteiger charge is 2.11. The van der Waals surface area contributed by atoms with Gasteiger partial charge in [0.25, 0.3) is 0 Å². The molecule has 7 heteroatoms. The number of aromatic nitrogens is 2. The molecule has 0 fully saturated rings. The third kappa shape index (κ3) is 4.35. The normalized spacial score (nSPS) is 11.0. The molecule has 0 radical (unpaired) electrons. The molecule has 0 aliphatic carbocycles. The van der Waals surface area contributed by atoms with Crippen molar-refractivity contribution in [3.05, 3.63) is 70.6 Å². The number of aryl methyl sites for hydroxylation is 1. The molecular formula is C20H15ClN2O3S. The van der Waals surface area contributed by atoms with E-state index in [1.807, 2.05) is 36.4 Å². The van der Waals surface area contributed by atoms with Gasteiger partial charge in [-0.15, -0.1) is 11.3 Å². The summed E-state index contributed by atoms with van der Waals surface area (Å²) in [7, 11) is 0. The van der Waals surface area contributed by atoms with Crippen LogP contribution in [0.5, 0.6) is 0 Å². The number of hydrogen-bond donors (Lipinski definition) is 0. The van der Waals surface area contributed by atoms with Crippen molar-refractivity contribution in [1.82, 2.24) is 9.97 Å². The van der Waals surface area contributed by atoms with Crippen LogP contribution < -0.4 is 0 Å². The van der Waals surface area contributed by atoms with Gasteiger partial charge in [0.2, 0.25) is 5.89 Å². The molecule has 136 valence electrons. The van der Waals surface area contributed by atoms with E-state index in [0.29, 0.717) is 23.1 Å². The maximum Gasteiger partial charge on any atom is 0.306 e. The quantitative estimate of drug-likeness (QED) is 0.413. The number of hydrogen-bond acceptors (Lipinski definition) is 6. The Morgan fingerprint density at radius 1 is 1.15 bits per heavy atom. The van der Waals surface area contributed by atoms with E-state index in [4.69, 9.17) is 20.8 Å². The molecule has 4 rings (SSSR count). The molecule has 2 aromatic carbocycles. The maximum atomic E-state index is 12.0. The predicted molar refractivity (Wildman–Crippen MR) is 105 cm³/mol. The van der Waals surface area contributed by atoms with Crippen molar-refractivity contribution >= 4 is 39.1 Å². The molecule has 0 saturated heterocycles. The van der Waals surface area contributed by atoms with E-state index in [2.05, 4.69) is 9.97 Å². The van der Waals surface area contributed by atoms with Gasteiger partial charge in [-0.3, -0.25) is 4.79 Å². The van der Waals surface area contributed by atoms with Crippen LogP contribution in [0.15, 0.2) is 59.1 Å². The van der Waals surface area contributed by atoms with E-state index in [0.717, 1.165) is 20.8 Å². The second kappa shape index (κ2) is 7.90. The average molecular weight is 399 g/mol. The first-order valence-corrected chi connectivity index (χ1v) is 9.57. The molecule has 0 saturated carbocycles. The van der Waals surface area contributed by atoms with Gasteiger partial charge >= 0.3 is 5.97 Å². The van der Waals surface area contributed by atoms with E-state index in [1.165, 1.54) is 0 Å². The Morgan fingerprint density at radius 3 is 2.78 bits per heavy atom. The molecule has 0 amide bonds. The zero-order chi connectivity index (χ0) is 18.6. The van der Waals surface area contributed by atoms with Gasteiger partial charge in [0.1, 0.15) is 0 Å². The topological polar surface area (TPSA) is 65.2 Å². The Morgan fingerprint density at radius 2 is 1.96 bits per heavy atom. The number of nitrogens with zero attached hydrogens (tertiary/aromatic N) is 2. The Kier molecular flexibility index (Phi) is 5.18. The Bertz CT molecular complexity index is 1040. The summed E-state index contributed by atoms with van der Waals surface area (Å²) < 4.78 is 12.0. The summed E-state index contributed by atoms with van der Waals surface area (Å²) in [5.41, 5.74) is 1.82. The summed E-state index contributed by atoms with van der Waals surface area (Å²) >= 11 is 7.47. The number of oxazole rings is 1. The number of carbonyl (C=O) groups is 1. The summed E-state index contributed by atoms with van der Waals surface area (Å²) in [6, 6.07) is 15.2. The van der Waals surface area contributed by atoms with Crippen molar-refractivity contribution in [1.29, 1.82) is 0 Å². The highest BCUT2D eigenvalue weighted by molar-refractivity contribution is 7.18. The molecule has 0 bridgehead atoms. The second-order valence-electron chi connectivity index (χ2n) is 5.86. The number of ether oxygens (including phenoxy) is 1. The van der Waals surface area contributed by atoms with Crippen molar-refractivity contribution in [3.63, 3.8) is 0 Å². The number of halogens is 1. The van der Waals surface area contributed by atoms with Gasteiger partial charge in [0.05, 0.1) is 27.8 Å². The largest absolute Gasteiger partial charge is 0.456 e. The highest BCUT2D eigenvalue weighted by Crippen LogP contribution is 2.24. The lowest BCUT2D eigenvalue weighted by Crippen LogP contribution is -2.06. The molecule has 2 heterocycles. The maximum absolute atomic E-state index is 12.0. The summed E-state index contributed by atoms with van der Waals surface area (Å²) in [4.78, 5) is 20.7. The highest BCUT2D eigenvalue weighted by atomic mass is 35.5. The summed E-state index contributed by atoms with van der Waals surface area (Å²) in [5, 5.41) is 1.58. The fourth-order valence-corrected chi connectivity index (χ4v) is 3.67. The Balaban J connectivity index is 1.29. The Hall–Kier alpha value is -2.70.